The molecule has 0 saturated carbocycles. The van der Waals surface area contributed by atoms with E-state index in [4.69, 9.17) is 5.53 Å². The summed E-state index contributed by atoms with van der Waals surface area (Å²) in [7, 11) is 1.91. The van der Waals surface area contributed by atoms with E-state index in [1.807, 2.05) is 37.4 Å². The van der Waals surface area contributed by atoms with Gasteiger partial charge in [0.25, 0.3) is 0 Å². The number of nitrogens with zero attached hydrogens (tertiary/aromatic N) is 5. The molecule has 1 N–H and O–H groups in total. The Morgan fingerprint density at radius 3 is 2.70 bits per heavy atom. The monoisotopic (exact) mass is 310 g/mol. The molecule has 0 unspecified atom stereocenters. The van der Waals surface area contributed by atoms with Crippen molar-refractivity contribution in [2.75, 3.05) is 25.0 Å². The highest BCUT2D eigenvalue weighted by molar-refractivity contribution is 5.94. The van der Waals surface area contributed by atoms with Gasteiger partial charge < -0.3 is 10.2 Å². The number of aromatic nitrogens is 1. The molecule has 0 bridgehead atoms. The second-order valence-corrected chi connectivity index (χ2v) is 4.90. The van der Waals surface area contributed by atoms with Crippen molar-refractivity contribution in [1.82, 2.24) is 10.3 Å². The Bertz CT molecular complexity index is 679. The van der Waals surface area contributed by atoms with Gasteiger partial charge in [0.1, 0.15) is 5.82 Å². The Labute approximate surface area is 134 Å². The minimum Gasteiger partial charge on any atom is -0.351 e. The zero-order valence-electron chi connectivity index (χ0n) is 12.9. The van der Waals surface area contributed by atoms with Crippen LogP contribution in [0.3, 0.4) is 0 Å². The van der Waals surface area contributed by atoms with Gasteiger partial charge in [-0.25, -0.2) is 4.98 Å². The Kier molecular flexibility index (Phi) is 6.11. The summed E-state index contributed by atoms with van der Waals surface area (Å²) in [6.45, 7) is 2.33. The quantitative estimate of drug-likeness (QED) is 0.483. The molecule has 1 heterocycles. The molecule has 0 aliphatic rings. The molecule has 0 saturated heterocycles. The lowest BCUT2D eigenvalue weighted by molar-refractivity contribution is 0.100. The molecule has 2 aromatic rings. The number of benzene rings is 1. The maximum Gasteiger partial charge on any atom is 0.249 e. The van der Waals surface area contributed by atoms with Crippen LogP contribution in [0.4, 0.5) is 5.82 Å². The summed E-state index contributed by atoms with van der Waals surface area (Å²) in [5, 5.41) is 6.22. The maximum absolute atomic E-state index is 11.5. The van der Waals surface area contributed by atoms with Crippen LogP contribution in [0.25, 0.3) is 10.4 Å². The van der Waals surface area contributed by atoms with Crippen LogP contribution in [0.2, 0.25) is 0 Å². The molecule has 1 amide bonds. The van der Waals surface area contributed by atoms with Crippen molar-refractivity contribution in [1.29, 1.82) is 0 Å². The predicted octanol–water partition coefficient (Wildman–Crippen LogP) is 2.76. The van der Waals surface area contributed by atoms with Crippen LogP contribution in [0, 0.1) is 0 Å². The van der Waals surface area contributed by atoms with Crippen molar-refractivity contribution in [3.05, 3.63) is 70.2 Å². The number of azide groups is 1. The number of pyridine rings is 1. The largest absolute Gasteiger partial charge is 0.351 e. The van der Waals surface area contributed by atoms with Crippen molar-refractivity contribution in [2.24, 2.45) is 5.11 Å². The normalized spacial score (nSPS) is 9.96. The fraction of sp³-hybridized carbons (Fsp3) is 0.250. The average molecular weight is 310 g/mol. The molecule has 23 heavy (non-hydrogen) atoms. The van der Waals surface area contributed by atoms with E-state index in [9.17, 15) is 4.79 Å². The first-order valence-electron chi connectivity index (χ1n) is 7.23. The molecule has 7 heteroatoms. The number of carbonyl (C=O) groups excluding carboxylic acids is 1. The fourth-order valence-electron chi connectivity index (χ4n) is 2.13. The summed E-state index contributed by atoms with van der Waals surface area (Å²) < 4.78 is 0. The number of rotatable bonds is 7. The van der Waals surface area contributed by atoms with Gasteiger partial charge >= 0.3 is 0 Å². The molecule has 2 rings (SSSR count). The third-order valence-corrected chi connectivity index (χ3v) is 3.31. The first-order chi connectivity index (χ1) is 11.2. The van der Waals surface area contributed by atoms with Gasteiger partial charge in [-0.2, -0.15) is 0 Å². The Hall–Kier alpha value is -2.89. The maximum atomic E-state index is 11.5. The predicted molar refractivity (Wildman–Crippen MR) is 89.1 cm³/mol. The Morgan fingerprint density at radius 2 is 2.09 bits per heavy atom. The first-order valence-corrected chi connectivity index (χ1v) is 7.23. The highest BCUT2D eigenvalue weighted by Gasteiger charge is 2.09. The summed E-state index contributed by atoms with van der Waals surface area (Å²) in [5.41, 5.74) is 9.72. The highest BCUT2D eigenvalue weighted by atomic mass is 16.1. The van der Waals surface area contributed by atoms with Gasteiger partial charge in [0.15, 0.2) is 0 Å². The third-order valence-electron chi connectivity index (χ3n) is 3.31. The molecule has 118 valence electrons. The van der Waals surface area contributed by atoms with Gasteiger partial charge in [0.05, 0.1) is 0 Å². The van der Waals surface area contributed by atoms with Gasteiger partial charge in [-0.05, 0) is 35.4 Å². The minimum absolute atomic E-state index is 0.381. The summed E-state index contributed by atoms with van der Waals surface area (Å²) >= 11 is 0. The summed E-state index contributed by atoms with van der Waals surface area (Å²) in [6.07, 6.45) is 1.77. The third kappa shape index (κ3) is 4.81. The average Bonchev–Trinajstić information content (AvgIpc) is 2.60. The summed E-state index contributed by atoms with van der Waals surface area (Å²) in [6, 6.07) is 12.9. The molecular weight excluding hydrogens is 292 g/mol. The molecule has 0 radical (unpaired) electrons. The fourth-order valence-corrected chi connectivity index (χ4v) is 2.13. The van der Waals surface area contributed by atoms with Crippen LogP contribution in [-0.4, -0.2) is 31.0 Å². The van der Waals surface area contributed by atoms with E-state index in [0.717, 1.165) is 24.5 Å². The number of hydrogen-bond donors (Lipinski definition) is 1. The van der Waals surface area contributed by atoms with Crippen LogP contribution in [-0.2, 0) is 6.54 Å². The lowest BCUT2D eigenvalue weighted by Crippen LogP contribution is -2.31. The lowest BCUT2D eigenvalue weighted by atomic mass is 10.1. The number of hydrogen-bond acceptors (Lipinski definition) is 4. The number of nitrogens with one attached hydrogen (secondary N) is 1. The van der Waals surface area contributed by atoms with Gasteiger partial charge in [-0.15, -0.1) is 0 Å². The molecule has 7 nitrogen and oxygen atoms in total. The number of likely N-dealkylation sites (N-methyl/N-ethyl adjacent to an activating group) is 1. The molecule has 0 fully saturated rings. The van der Waals surface area contributed by atoms with Crippen molar-refractivity contribution in [3.63, 3.8) is 0 Å². The zero-order valence-corrected chi connectivity index (χ0v) is 12.9. The number of carbonyl (C=O) groups is 1. The van der Waals surface area contributed by atoms with Crippen molar-refractivity contribution in [2.45, 2.75) is 6.54 Å². The second-order valence-electron chi connectivity index (χ2n) is 4.90. The summed E-state index contributed by atoms with van der Waals surface area (Å²) in [4.78, 5) is 20.5. The Balaban J connectivity index is 2.13. The van der Waals surface area contributed by atoms with E-state index >= 15 is 0 Å². The molecule has 0 atom stereocenters. The van der Waals surface area contributed by atoms with E-state index in [0.29, 0.717) is 12.1 Å². The van der Waals surface area contributed by atoms with Crippen molar-refractivity contribution in [3.8, 4) is 0 Å². The van der Waals surface area contributed by atoms with E-state index in [1.54, 1.807) is 18.3 Å². The first kappa shape index (κ1) is 16.5. The lowest BCUT2D eigenvalue weighted by Gasteiger charge is -2.23. The van der Waals surface area contributed by atoms with Gasteiger partial charge in [-0.1, -0.05) is 30.3 Å². The van der Waals surface area contributed by atoms with Crippen LogP contribution >= 0.6 is 0 Å². The minimum atomic E-state index is -0.573. The Morgan fingerprint density at radius 1 is 1.30 bits per heavy atom. The number of amides is 1. The van der Waals surface area contributed by atoms with Crippen LogP contribution in [0.1, 0.15) is 15.9 Å². The number of anilines is 1. The molecule has 1 aromatic heterocycles. The van der Waals surface area contributed by atoms with Gasteiger partial charge in [0, 0.05) is 36.3 Å². The zero-order chi connectivity index (χ0) is 16.5. The molecule has 0 spiro atoms. The van der Waals surface area contributed by atoms with Crippen LogP contribution in [0.15, 0.2) is 53.8 Å². The van der Waals surface area contributed by atoms with E-state index in [1.165, 1.54) is 0 Å². The van der Waals surface area contributed by atoms with Crippen molar-refractivity contribution < 1.29 is 4.79 Å². The smallest absolute Gasteiger partial charge is 0.249 e. The van der Waals surface area contributed by atoms with Gasteiger partial charge in [-0.3, -0.25) is 4.79 Å². The summed E-state index contributed by atoms with van der Waals surface area (Å²) in [5.74, 6) is 0.327. The SMILES string of the molecule is CNCCN(Cc1ccc(C(=O)N=[N+]=[N-])cc1)c1ccccn1. The standard InChI is InChI=1S/C16H18N6O/c1-18-10-11-22(15-4-2-3-9-19-15)12-13-5-7-14(8-6-13)16(23)20-21-17/h2-9,18H,10-12H2,1H3. The topological polar surface area (TPSA) is 94.0 Å². The van der Waals surface area contributed by atoms with E-state index in [2.05, 4.69) is 25.2 Å². The van der Waals surface area contributed by atoms with Crippen molar-refractivity contribution >= 4 is 11.7 Å². The molecular formula is C16H18N6O. The van der Waals surface area contributed by atoms with Crippen LogP contribution in [0.5, 0.6) is 0 Å². The van der Waals surface area contributed by atoms with Crippen LogP contribution < -0.4 is 10.2 Å². The van der Waals surface area contributed by atoms with E-state index in [-0.39, 0.29) is 0 Å². The molecule has 0 aliphatic heterocycles. The van der Waals surface area contributed by atoms with Gasteiger partial charge in [0.2, 0.25) is 5.91 Å². The highest BCUT2D eigenvalue weighted by Crippen LogP contribution is 2.14. The second kappa shape index (κ2) is 8.53. The molecule has 1 aromatic carbocycles. The molecule has 0 aliphatic carbocycles. The van der Waals surface area contributed by atoms with E-state index < -0.39 is 5.91 Å².